The zero-order valence-electron chi connectivity index (χ0n) is 10.9. The van der Waals surface area contributed by atoms with Crippen molar-refractivity contribution >= 4 is 11.6 Å². The maximum atomic E-state index is 9.01. The lowest BCUT2D eigenvalue weighted by molar-refractivity contribution is 0.294. The number of ether oxygens (including phenoxy) is 1. The summed E-state index contributed by atoms with van der Waals surface area (Å²) in [5.41, 5.74) is 2.45. The maximum absolute atomic E-state index is 9.01. The Bertz CT molecular complexity index is 628. The molecule has 2 rings (SSSR count). The molecule has 0 radical (unpaired) electrons. The van der Waals surface area contributed by atoms with E-state index >= 15 is 0 Å². The van der Waals surface area contributed by atoms with E-state index in [4.69, 9.17) is 21.6 Å². The summed E-state index contributed by atoms with van der Waals surface area (Å²) in [6, 6.07) is 9.05. The molecule has 0 aliphatic rings. The molecule has 2 aromatic rings. The van der Waals surface area contributed by atoms with Crippen LogP contribution in [0.4, 0.5) is 0 Å². The molecule has 0 aliphatic carbocycles. The number of nitrogens with zero attached hydrogens (tertiary/aromatic N) is 3. The second-order valence-electron chi connectivity index (χ2n) is 4.15. The van der Waals surface area contributed by atoms with Crippen LogP contribution in [-0.2, 0) is 20.1 Å². The standard InChI is InChI=1S/C14H14ClN3O/c1-3-12-7-13(18(2)17-12)9-19-14-6-11(15)5-4-10(14)8-16/h4-7H,3,9H2,1-2H3. The minimum atomic E-state index is 0.360. The van der Waals surface area contributed by atoms with Crippen LogP contribution in [0.15, 0.2) is 24.3 Å². The fourth-order valence-electron chi connectivity index (χ4n) is 1.74. The van der Waals surface area contributed by atoms with Crippen molar-refractivity contribution in [3.05, 3.63) is 46.2 Å². The molecule has 0 bridgehead atoms. The highest BCUT2D eigenvalue weighted by Gasteiger charge is 2.08. The second kappa shape index (κ2) is 5.77. The Balaban J connectivity index is 2.16. The van der Waals surface area contributed by atoms with Crippen molar-refractivity contribution in [2.24, 2.45) is 7.05 Å². The molecule has 0 amide bonds. The van der Waals surface area contributed by atoms with Gasteiger partial charge in [0.15, 0.2) is 0 Å². The van der Waals surface area contributed by atoms with Gasteiger partial charge in [-0.05, 0) is 24.6 Å². The first-order valence-electron chi connectivity index (χ1n) is 5.98. The van der Waals surface area contributed by atoms with Gasteiger partial charge in [0, 0.05) is 18.1 Å². The molecule has 0 saturated heterocycles. The Morgan fingerprint density at radius 3 is 2.84 bits per heavy atom. The highest BCUT2D eigenvalue weighted by atomic mass is 35.5. The third-order valence-electron chi connectivity index (χ3n) is 2.83. The number of halogens is 1. The summed E-state index contributed by atoms with van der Waals surface area (Å²) >= 11 is 5.91. The molecule has 1 aromatic carbocycles. The fraction of sp³-hybridized carbons (Fsp3) is 0.286. The molecule has 98 valence electrons. The van der Waals surface area contributed by atoms with E-state index in [-0.39, 0.29) is 0 Å². The summed E-state index contributed by atoms with van der Waals surface area (Å²) in [6.45, 7) is 2.41. The summed E-state index contributed by atoms with van der Waals surface area (Å²) < 4.78 is 7.45. The second-order valence-corrected chi connectivity index (χ2v) is 4.58. The number of rotatable bonds is 4. The average Bonchev–Trinajstić information content (AvgIpc) is 2.77. The first-order chi connectivity index (χ1) is 9.13. The van der Waals surface area contributed by atoms with E-state index in [2.05, 4.69) is 18.1 Å². The molecule has 0 fully saturated rings. The SMILES string of the molecule is CCc1cc(COc2cc(Cl)ccc2C#N)n(C)n1. The van der Waals surface area contributed by atoms with Gasteiger partial charge in [-0.1, -0.05) is 18.5 Å². The Labute approximate surface area is 117 Å². The van der Waals surface area contributed by atoms with E-state index < -0.39 is 0 Å². The molecule has 1 aromatic heterocycles. The molecule has 5 heteroatoms. The van der Waals surface area contributed by atoms with Gasteiger partial charge in [0.2, 0.25) is 0 Å². The quantitative estimate of drug-likeness (QED) is 0.861. The Morgan fingerprint density at radius 2 is 2.21 bits per heavy atom. The fourth-order valence-corrected chi connectivity index (χ4v) is 1.90. The molecule has 19 heavy (non-hydrogen) atoms. The Hall–Kier alpha value is -1.99. The lowest BCUT2D eigenvalue weighted by Gasteiger charge is -2.08. The zero-order chi connectivity index (χ0) is 13.8. The van der Waals surface area contributed by atoms with Gasteiger partial charge in [-0.3, -0.25) is 4.68 Å². The summed E-state index contributed by atoms with van der Waals surface area (Å²) in [5.74, 6) is 0.495. The van der Waals surface area contributed by atoms with Gasteiger partial charge in [-0.15, -0.1) is 0 Å². The van der Waals surface area contributed by atoms with Crippen LogP contribution in [0.25, 0.3) is 0 Å². The van der Waals surface area contributed by atoms with Gasteiger partial charge < -0.3 is 4.74 Å². The molecular formula is C14H14ClN3O. The normalized spacial score (nSPS) is 10.2. The minimum absolute atomic E-state index is 0.360. The average molecular weight is 276 g/mol. The topological polar surface area (TPSA) is 50.8 Å². The van der Waals surface area contributed by atoms with Crippen LogP contribution in [0.5, 0.6) is 5.75 Å². The van der Waals surface area contributed by atoms with E-state index in [0.717, 1.165) is 17.8 Å². The molecule has 0 unspecified atom stereocenters. The van der Waals surface area contributed by atoms with E-state index in [9.17, 15) is 0 Å². The zero-order valence-corrected chi connectivity index (χ0v) is 11.6. The van der Waals surface area contributed by atoms with E-state index in [1.54, 1.807) is 22.9 Å². The van der Waals surface area contributed by atoms with Gasteiger partial charge in [-0.25, -0.2) is 0 Å². The Kier molecular flexibility index (Phi) is 4.08. The van der Waals surface area contributed by atoms with Crippen molar-refractivity contribution in [1.29, 1.82) is 5.26 Å². The lowest BCUT2D eigenvalue weighted by atomic mass is 10.2. The molecule has 0 spiro atoms. The van der Waals surface area contributed by atoms with Gasteiger partial charge in [0.1, 0.15) is 18.4 Å². The first kappa shape index (κ1) is 13.4. The van der Waals surface area contributed by atoms with Crippen LogP contribution in [0.1, 0.15) is 23.9 Å². The number of hydrogen-bond donors (Lipinski definition) is 0. The third kappa shape index (κ3) is 3.07. The van der Waals surface area contributed by atoms with Crippen molar-refractivity contribution < 1.29 is 4.74 Å². The number of hydrogen-bond acceptors (Lipinski definition) is 3. The molecule has 0 N–H and O–H groups in total. The molecule has 1 heterocycles. The highest BCUT2D eigenvalue weighted by molar-refractivity contribution is 6.30. The van der Waals surface area contributed by atoms with Crippen LogP contribution >= 0.6 is 11.6 Å². The first-order valence-corrected chi connectivity index (χ1v) is 6.36. The highest BCUT2D eigenvalue weighted by Crippen LogP contribution is 2.23. The summed E-state index contributed by atoms with van der Waals surface area (Å²) in [4.78, 5) is 0. The van der Waals surface area contributed by atoms with Crippen LogP contribution < -0.4 is 4.74 Å². The van der Waals surface area contributed by atoms with Crippen molar-refractivity contribution in [3.8, 4) is 11.8 Å². The largest absolute Gasteiger partial charge is 0.486 e. The number of aryl methyl sites for hydroxylation is 2. The number of benzene rings is 1. The van der Waals surface area contributed by atoms with Crippen molar-refractivity contribution in [2.45, 2.75) is 20.0 Å². The van der Waals surface area contributed by atoms with Gasteiger partial charge in [0.25, 0.3) is 0 Å². The molecule has 0 atom stereocenters. The number of nitriles is 1. The Morgan fingerprint density at radius 1 is 1.42 bits per heavy atom. The van der Waals surface area contributed by atoms with Crippen LogP contribution in [0.3, 0.4) is 0 Å². The van der Waals surface area contributed by atoms with Crippen LogP contribution in [0, 0.1) is 11.3 Å². The number of aromatic nitrogens is 2. The molecule has 0 aliphatic heterocycles. The van der Waals surface area contributed by atoms with Crippen LogP contribution in [-0.4, -0.2) is 9.78 Å². The predicted octanol–water partition coefficient (Wildman–Crippen LogP) is 3.09. The van der Waals surface area contributed by atoms with Gasteiger partial charge >= 0.3 is 0 Å². The van der Waals surface area contributed by atoms with Crippen molar-refractivity contribution in [2.75, 3.05) is 0 Å². The molecule has 4 nitrogen and oxygen atoms in total. The van der Waals surface area contributed by atoms with Gasteiger partial charge in [0.05, 0.1) is 17.0 Å². The monoisotopic (exact) mass is 275 g/mol. The predicted molar refractivity (Wildman–Crippen MR) is 73.1 cm³/mol. The lowest BCUT2D eigenvalue weighted by Crippen LogP contribution is -2.03. The third-order valence-corrected chi connectivity index (χ3v) is 3.06. The van der Waals surface area contributed by atoms with E-state index in [1.807, 2.05) is 13.1 Å². The van der Waals surface area contributed by atoms with E-state index in [0.29, 0.717) is 22.9 Å². The summed E-state index contributed by atoms with van der Waals surface area (Å²) in [5, 5.41) is 13.9. The minimum Gasteiger partial charge on any atom is -0.486 e. The molecule has 0 saturated carbocycles. The summed E-state index contributed by atoms with van der Waals surface area (Å²) in [6.07, 6.45) is 0.883. The smallest absolute Gasteiger partial charge is 0.139 e. The van der Waals surface area contributed by atoms with E-state index in [1.165, 1.54) is 0 Å². The van der Waals surface area contributed by atoms with Crippen molar-refractivity contribution in [1.82, 2.24) is 9.78 Å². The van der Waals surface area contributed by atoms with Crippen LogP contribution in [0.2, 0.25) is 5.02 Å². The van der Waals surface area contributed by atoms with Crippen molar-refractivity contribution in [3.63, 3.8) is 0 Å². The maximum Gasteiger partial charge on any atom is 0.139 e. The summed E-state index contributed by atoms with van der Waals surface area (Å²) in [7, 11) is 1.88. The van der Waals surface area contributed by atoms with Gasteiger partial charge in [-0.2, -0.15) is 10.4 Å². The molecular weight excluding hydrogens is 262 g/mol.